The average molecular weight is 780 g/mol. The third-order valence-electron chi connectivity index (χ3n) is 7.53. The van der Waals surface area contributed by atoms with Crippen LogP contribution in [0.4, 0.5) is 0 Å². The number of rotatable bonds is 37. The van der Waals surface area contributed by atoms with Gasteiger partial charge in [-0.1, -0.05) is 30.3 Å². The predicted octanol–water partition coefficient (Wildman–Crippen LogP) is 2.32. The summed E-state index contributed by atoms with van der Waals surface area (Å²) in [5.41, 5.74) is 1.39. The lowest BCUT2D eigenvalue weighted by Gasteiger charge is -2.13. The Bertz CT molecular complexity index is 1250. The number of benzene rings is 2. The zero-order valence-electron chi connectivity index (χ0n) is 31.7. The molecule has 16 nitrogen and oxygen atoms in total. The van der Waals surface area contributed by atoms with Crippen LogP contribution in [0.1, 0.15) is 31.1 Å². The van der Waals surface area contributed by atoms with Gasteiger partial charge in [-0.3, -0.25) is 14.5 Å². The normalized spacial score (nSPS) is 12.5. The van der Waals surface area contributed by atoms with E-state index in [0.717, 1.165) is 0 Å². The van der Waals surface area contributed by atoms with Crippen LogP contribution in [0.15, 0.2) is 54.6 Å². The molecule has 0 aliphatic carbocycles. The summed E-state index contributed by atoms with van der Waals surface area (Å²) < 4.78 is 65.3. The lowest BCUT2D eigenvalue weighted by atomic mass is 10.1. The molecule has 0 radical (unpaired) electrons. The summed E-state index contributed by atoms with van der Waals surface area (Å²) >= 11 is 0. The smallest absolute Gasteiger partial charge is 0.338 e. The first-order valence-electron chi connectivity index (χ1n) is 18.7. The number of amides is 2. The van der Waals surface area contributed by atoms with E-state index in [1.807, 2.05) is 6.07 Å². The maximum atomic E-state index is 12.3. The Morgan fingerprint density at radius 3 is 0.964 bits per heavy atom. The zero-order valence-corrected chi connectivity index (χ0v) is 31.7. The molecule has 1 heterocycles. The van der Waals surface area contributed by atoms with Crippen molar-refractivity contribution in [3.8, 4) is 0 Å². The van der Waals surface area contributed by atoms with Crippen molar-refractivity contribution in [2.45, 2.75) is 0 Å². The molecule has 55 heavy (non-hydrogen) atoms. The SMILES string of the molecule is O=C(OCCOCCOCCOCCOCCOCCOCCOCCOCCOCCOCCOCCN1C(=O)c2ccccc2C1=O)c1ccccc1. The van der Waals surface area contributed by atoms with E-state index in [1.54, 1.807) is 48.5 Å². The van der Waals surface area contributed by atoms with Crippen molar-refractivity contribution < 1.29 is 71.2 Å². The molecule has 0 fully saturated rings. The van der Waals surface area contributed by atoms with Gasteiger partial charge in [0.15, 0.2) is 0 Å². The van der Waals surface area contributed by atoms with Gasteiger partial charge < -0.3 is 56.8 Å². The van der Waals surface area contributed by atoms with Gasteiger partial charge in [0.05, 0.1) is 169 Å². The van der Waals surface area contributed by atoms with Crippen molar-refractivity contribution in [1.82, 2.24) is 4.90 Å². The highest BCUT2D eigenvalue weighted by atomic mass is 16.6. The standard InChI is InChI=1S/C39H57NO15/c41-37-35-8-4-5-9-36(35)38(42)40(37)10-11-44-12-13-45-14-15-46-16-17-47-18-19-48-20-21-49-22-23-50-24-25-51-26-27-52-28-29-53-30-31-54-32-33-55-39(43)34-6-2-1-3-7-34/h1-9H,10-33H2. The molecule has 0 saturated heterocycles. The van der Waals surface area contributed by atoms with Crippen molar-refractivity contribution in [2.24, 2.45) is 0 Å². The molecule has 308 valence electrons. The molecular weight excluding hydrogens is 722 g/mol. The van der Waals surface area contributed by atoms with Crippen LogP contribution in [0, 0.1) is 0 Å². The molecule has 0 atom stereocenters. The fraction of sp³-hybridized carbons (Fsp3) is 0.615. The lowest BCUT2D eigenvalue weighted by molar-refractivity contribution is -0.0281. The molecule has 1 aliphatic rings. The maximum absolute atomic E-state index is 12.3. The third kappa shape index (κ3) is 21.5. The highest BCUT2D eigenvalue weighted by Gasteiger charge is 2.34. The van der Waals surface area contributed by atoms with Gasteiger partial charge in [-0.2, -0.15) is 0 Å². The van der Waals surface area contributed by atoms with Crippen LogP contribution in [0.3, 0.4) is 0 Å². The van der Waals surface area contributed by atoms with Gasteiger partial charge in [0.2, 0.25) is 0 Å². The van der Waals surface area contributed by atoms with Gasteiger partial charge in [0.1, 0.15) is 6.61 Å². The summed E-state index contributed by atoms with van der Waals surface area (Å²) in [6.45, 7) is 9.98. The molecule has 0 spiro atoms. The van der Waals surface area contributed by atoms with Crippen LogP contribution in [0.5, 0.6) is 0 Å². The molecule has 0 unspecified atom stereocenters. The monoisotopic (exact) mass is 779 g/mol. The Balaban J connectivity index is 0.907. The fourth-order valence-electron chi connectivity index (χ4n) is 4.75. The molecule has 0 saturated carbocycles. The van der Waals surface area contributed by atoms with E-state index < -0.39 is 0 Å². The third-order valence-corrected chi connectivity index (χ3v) is 7.53. The number of carbonyl (C=O) groups excluding carboxylic acids is 3. The van der Waals surface area contributed by atoms with Crippen molar-refractivity contribution in [2.75, 3.05) is 159 Å². The van der Waals surface area contributed by atoms with Gasteiger partial charge in [-0.05, 0) is 24.3 Å². The summed E-state index contributed by atoms with van der Waals surface area (Å²) in [7, 11) is 0. The molecule has 2 aromatic carbocycles. The number of ether oxygens (including phenoxy) is 12. The van der Waals surface area contributed by atoms with E-state index in [-0.39, 0.29) is 37.5 Å². The summed E-state index contributed by atoms with van der Waals surface area (Å²) in [5.74, 6) is -0.927. The number of hydrogen-bond donors (Lipinski definition) is 0. The molecular formula is C39H57NO15. The van der Waals surface area contributed by atoms with Crippen LogP contribution in [0.2, 0.25) is 0 Å². The number of esters is 1. The van der Waals surface area contributed by atoms with E-state index in [2.05, 4.69) is 0 Å². The van der Waals surface area contributed by atoms with Crippen LogP contribution in [0.25, 0.3) is 0 Å². The molecule has 2 aromatic rings. The minimum absolute atomic E-state index is 0.193. The largest absolute Gasteiger partial charge is 0.460 e. The Morgan fingerprint density at radius 1 is 0.364 bits per heavy atom. The second kappa shape index (κ2) is 31.8. The second-order valence-corrected chi connectivity index (χ2v) is 11.5. The Kier molecular flexibility index (Phi) is 26.6. The van der Waals surface area contributed by atoms with Gasteiger partial charge in [0, 0.05) is 0 Å². The van der Waals surface area contributed by atoms with Crippen molar-refractivity contribution in [1.29, 1.82) is 0 Å². The van der Waals surface area contributed by atoms with E-state index in [1.165, 1.54) is 4.90 Å². The number of hydrogen-bond acceptors (Lipinski definition) is 15. The quantitative estimate of drug-likeness (QED) is 0.0557. The first-order chi connectivity index (χ1) is 27.2. The van der Waals surface area contributed by atoms with Gasteiger partial charge in [-0.25, -0.2) is 4.79 Å². The first-order valence-corrected chi connectivity index (χ1v) is 18.7. The minimum Gasteiger partial charge on any atom is -0.460 e. The molecule has 1 aliphatic heterocycles. The van der Waals surface area contributed by atoms with Crippen LogP contribution < -0.4 is 0 Å². The highest BCUT2D eigenvalue weighted by molar-refractivity contribution is 6.21. The lowest BCUT2D eigenvalue weighted by Crippen LogP contribution is -2.33. The Labute approximate surface area is 323 Å². The predicted molar refractivity (Wildman–Crippen MR) is 198 cm³/mol. The number of carbonyl (C=O) groups is 3. The molecule has 0 aromatic heterocycles. The summed E-state index contributed by atoms with van der Waals surface area (Å²) in [5, 5.41) is 0. The molecule has 0 bridgehead atoms. The van der Waals surface area contributed by atoms with E-state index in [9.17, 15) is 14.4 Å². The summed E-state index contributed by atoms with van der Waals surface area (Å²) in [6.07, 6.45) is 0. The fourth-order valence-corrected chi connectivity index (χ4v) is 4.75. The molecule has 16 heteroatoms. The Morgan fingerprint density at radius 2 is 0.636 bits per heavy atom. The number of fused-ring (bicyclic) bond motifs is 1. The minimum atomic E-state index is -0.363. The Hall–Kier alpha value is -3.39. The van der Waals surface area contributed by atoms with Crippen molar-refractivity contribution in [3.05, 3.63) is 71.3 Å². The first kappa shape index (κ1) is 46.0. The topological polar surface area (TPSA) is 165 Å². The zero-order chi connectivity index (χ0) is 38.9. The average Bonchev–Trinajstić information content (AvgIpc) is 3.45. The van der Waals surface area contributed by atoms with E-state index in [0.29, 0.717) is 155 Å². The van der Waals surface area contributed by atoms with Gasteiger partial charge >= 0.3 is 5.97 Å². The highest BCUT2D eigenvalue weighted by Crippen LogP contribution is 2.21. The van der Waals surface area contributed by atoms with Crippen LogP contribution >= 0.6 is 0 Å². The molecule has 0 N–H and O–H groups in total. The van der Waals surface area contributed by atoms with E-state index in [4.69, 9.17) is 56.8 Å². The number of imide groups is 1. The van der Waals surface area contributed by atoms with Crippen molar-refractivity contribution >= 4 is 17.8 Å². The van der Waals surface area contributed by atoms with Crippen LogP contribution in [-0.4, -0.2) is 181 Å². The van der Waals surface area contributed by atoms with Gasteiger partial charge in [0.25, 0.3) is 11.8 Å². The molecule has 2 amide bonds. The summed E-state index contributed by atoms with van der Waals surface area (Å²) in [6, 6.07) is 15.6. The van der Waals surface area contributed by atoms with Crippen molar-refractivity contribution in [3.63, 3.8) is 0 Å². The van der Waals surface area contributed by atoms with Crippen LogP contribution in [-0.2, 0) is 56.8 Å². The molecule has 3 rings (SSSR count). The summed E-state index contributed by atoms with van der Waals surface area (Å²) in [4.78, 5) is 37.6. The second-order valence-electron chi connectivity index (χ2n) is 11.5. The van der Waals surface area contributed by atoms with Gasteiger partial charge in [-0.15, -0.1) is 0 Å². The van der Waals surface area contributed by atoms with E-state index >= 15 is 0 Å². The number of nitrogens with zero attached hydrogens (tertiary/aromatic N) is 1. The maximum Gasteiger partial charge on any atom is 0.338 e.